The molecule has 2 aliphatic rings. The number of hydrogen-bond donors (Lipinski definition) is 3. The number of aromatic nitrogens is 1. The molecule has 10 heteroatoms. The number of pyridine rings is 1. The zero-order valence-electron chi connectivity index (χ0n) is 15.1. The standard InChI is InChI=1S/C18H20F2N4O4/c1-7-2-23(4-10(7)21)16-12(19)14(22)11-15(13(16)20)24(8-5-28-6-8)3-9(17(11)25)18(26)27/h3,7-8,10H,2,4-6,21-22H2,1H3,(H,26,27)/t7-,10+/m1/s1. The highest BCUT2D eigenvalue weighted by molar-refractivity contribution is 5.99. The quantitative estimate of drug-likeness (QED) is 0.661. The van der Waals surface area contributed by atoms with Crippen molar-refractivity contribution in [2.75, 3.05) is 36.9 Å². The van der Waals surface area contributed by atoms with Gasteiger partial charge in [-0.15, -0.1) is 0 Å². The Hall–Kier alpha value is -2.72. The van der Waals surface area contributed by atoms with Gasteiger partial charge in [-0.2, -0.15) is 0 Å². The van der Waals surface area contributed by atoms with E-state index in [-0.39, 0.29) is 49.0 Å². The summed E-state index contributed by atoms with van der Waals surface area (Å²) in [4.78, 5) is 25.6. The van der Waals surface area contributed by atoms with E-state index in [1.54, 1.807) is 0 Å². The fourth-order valence-corrected chi connectivity index (χ4v) is 3.83. The molecule has 1 aromatic carbocycles. The molecule has 3 heterocycles. The third-order valence-electron chi connectivity index (χ3n) is 5.60. The number of halogens is 2. The highest BCUT2D eigenvalue weighted by Gasteiger charge is 2.35. The molecule has 2 fully saturated rings. The summed E-state index contributed by atoms with van der Waals surface area (Å²) in [5, 5.41) is 8.87. The third kappa shape index (κ3) is 2.55. The van der Waals surface area contributed by atoms with Gasteiger partial charge in [0.15, 0.2) is 11.6 Å². The van der Waals surface area contributed by atoms with Crippen LogP contribution in [0, 0.1) is 17.6 Å². The predicted octanol–water partition coefficient (Wildman–Crippen LogP) is 0.915. The topological polar surface area (TPSA) is 124 Å². The van der Waals surface area contributed by atoms with Crippen LogP contribution in [0.2, 0.25) is 0 Å². The van der Waals surface area contributed by atoms with Crippen LogP contribution in [-0.4, -0.2) is 48.0 Å². The average molecular weight is 394 g/mol. The Labute approximate surface area is 158 Å². The van der Waals surface area contributed by atoms with Crippen LogP contribution in [0.25, 0.3) is 10.9 Å². The largest absolute Gasteiger partial charge is 0.477 e. The molecule has 150 valence electrons. The van der Waals surface area contributed by atoms with Gasteiger partial charge < -0.3 is 30.8 Å². The summed E-state index contributed by atoms with van der Waals surface area (Å²) in [5.41, 5.74) is 9.12. The number of nitrogens with two attached hydrogens (primary N) is 2. The van der Waals surface area contributed by atoms with E-state index >= 15 is 8.78 Å². The summed E-state index contributed by atoms with van der Waals surface area (Å²) in [5.74, 6) is -3.51. The number of carboxylic acids is 1. The van der Waals surface area contributed by atoms with Gasteiger partial charge in [0.1, 0.15) is 11.3 Å². The number of ether oxygens (including phenoxy) is 1. The van der Waals surface area contributed by atoms with Crippen molar-refractivity contribution in [3.63, 3.8) is 0 Å². The number of aromatic carboxylic acids is 1. The predicted molar refractivity (Wildman–Crippen MR) is 98.7 cm³/mol. The molecule has 4 rings (SSSR count). The molecule has 0 amide bonds. The minimum atomic E-state index is -1.50. The van der Waals surface area contributed by atoms with Crippen molar-refractivity contribution in [2.24, 2.45) is 11.7 Å². The van der Waals surface area contributed by atoms with Crippen molar-refractivity contribution in [1.82, 2.24) is 4.57 Å². The monoisotopic (exact) mass is 394 g/mol. The Balaban J connectivity index is 2.06. The molecular weight excluding hydrogens is 374 g/mol. The van der Waals surface area contributed by atoms with E-state index < -0.39 is 39.7 Å². The SMILES string of the molecule is C[C@@H]1CN(c2c(F)c(N)c3c(=O)c(C(=O)O)cn(C4COC4)c3c2F)C[C@@H]1N. The van der Waals surface area contributed by atoms with Gasteiger partial charge in [-0.1, -0.05) is 6.92 Å². The summed E-state index contributed by atoms with van der Waals surface area (Å²) < 4.78 is 37.1. The first kappa shape index (κ1) is 18.6. The first-order valence-corrected chi connectivity index (χ1v) is 8.89. The van der Waals surface area contributed by atoms with E-state index in [4.69, 9.17) is 16.2 Å². The lowest BCUT2D eigenvalue weighted by Crippen LogP contribution is -2.34. The van der Waals surface area contributed by atoms with E-state index in [9.17, 15) is 14.7 Å². The first-order valence-electron chi connectivity index (χ1n) is 8.89. The van der Waals surface area contributed by atoms with Crippen LogP contribution in [0.5, 0.6) is 0 Å². The molecule has 2 aromatic rings. The molecule has 0 saturated carbocycles. The summed E-state index contributed by atoms with van der Waals surface area (Å²) in [6.07, 6.45) is 1.07. The molecule has 0 aliphatic carbocycles. The van der Waals surface area contributed by atoms with Crippen LogP contribution < -0.4 is 21.8 Å². The fourth-order valence-electron chi connectivity index (χ4n) is 3.83. The molecule has 28 heavy (non-hydrogen) atoms. The number of benzene rings is 1. The summed E-state index contributed by atoms with van der Waals surface area (Å²) >= 11 is 0. The second-order valence-corrected chi connectivity index (χ2v) is 7.44. The smallest absolute Gasteiger partial charge is 0.341 e. The van der Waals surface area contributed by atoms with Gasteiger partial charge in [-0.25, -0.2) is 13.6 Å². The molecule has 8 nitrogen and oxygen atoms in total. The van der Waals surface area contributed by atoms with Crippen LogP contribution in [0.1, 0.15) is 23.3 Å². The fraction of sp³-hybridized carbons (Fsp3) is 0.444. The lowest BCUT2D eigenvalue weighted by molar-refractivity contribution is -0.0219. The zero-order valence-corrected chi connectivity index (χ0v) is 15.1. The Kier molecular flexibility index (Phi) is 4.27. The number of fused-ring (bicyclic) bond motifs is 1. The Morgan fingerprint density at radius 1 is 1.29 bits per heavy atom. The number of carbonyl (C=O) groups is 1. The highest BCUT2D eigenvalue weighted by Crippen LogP contribution is 2.38. The van der Waals surface area contributed by atoms with Gasteiger partial charge in [0.05, 0.1) is 35.8 Å². The highest BCUT2D eigenvalue weighted by atomic mass is 19.1. The molecule has 2 atom stereocenters. The van der Waals surface area contributed by atoms with E-state index in [1.807, 2.05) is 6.92 Å². The van der Waals surface area contributed by atoms with Gasteiger partial charge in [0, 0.05) is 25.3 Å². The summed E-state index contributed by atoms with van der Waals surface area (Å²) in [7, 11) is 0. The molecule has 2 aliphatic heterocycles. The van der Waals surface area contributed by atoms with Crippen molar-refractivity contribution in [1.29, 1.82) is 0 Å². The molecule has 0 radical (unpaired) electrons. The molecule has 0 bridgehead atoms. The molecule has 0 spiro atoms. The maximum atomic E-state index is 15.6. The Morgan fingerprint density at radius 3 is 2.46 bits per heavy atom. The number of hydrogen-bond acceptors (Lipinski definition) is 6. The van der Waals surface area contributed by atoms with Crippen molar-refractivity contribution < 1.29 is 23.4 Å². The van der Waals surface area contributed by atoms with E-state index in [1.165, 1.54) is 9.47 Å². The van der Waals surface area contributed by atoms with E-state index in [2.05, 4.69) is 0 Å². The maximum absolute atomic E-state index is 15.6. The normalized spacial score (nSPS) is 22.6. The van der Waals surface area contributed by atoms with Gasteiger partial charge in [-0.3, -0.25) is 4.79 Å². The Morgan fingerprint density at radius 2 is 1.96 bits per heavy atom. The van der Waals surface area contributed by atoms with Gasteiger partial charge >= 0.3 is 5.97 Å². The van der Waals surface area contributed by atoms with Crippen LogP contribution in [-0.2, 0) is 4.74 Å². The van der Waals surface area contributed by atoms with E-state index in [0.717, 1.165) is 6.20 Å². The first-order chi connectivity index (χ1) is 13.2. The minimum absolute atomic E-state index is 0.0207. The second kappa shape index (κ2) is 6.42. The lowest BCUT2D eigenvalue weighted by atomic mass is 10.0. The second-order valence-electron chi connectivity index (χ2n) is 7.44. The van der Waals surface area contributed by atoms with Crippen molar-refractivity contribution >= 4 is 28.2 Å². The molecule has 2 saturated heterocycles. The Bertz CT molecular complexity index is 1040. The molecular formula is C18H20F2N4O4. The van der Waals surface area contributed by atoms with Crippen LogP contribution in [0.15, 0.2) is 11.0 Å². The van der Waals surface area contributed by atoms with Crippen LogP contribution in [0.3, 0.4) is 0 Å². The van der Waals surface area contributed by atoms with Crippen LogP contribution in [0.4, 0.5) is 20.2 Å². The van der Waals surface area contributed by atoms with Crippen molar-refractivity contribution in [3.05, 3.63) is 33.6 Å². The zero-order chi connectivity index (χ0) is 20.3. The minimum Gasteiger partial charge on any atom is -0.477 e. The molecule has 5 N–H and O–H groups in total. The average Bonchev–Trinajstić information content (AvgIpc) is 2.90. The number of carboxylic acid groups (broad SMARTS) is 1. The number of anilines is 2. The maximum Gasteiger partial charge on any atom is 0.341 e. The number of rotatable bonds is 3. The third-order valence-corrected chi connectivity index (χ3v) is 5.60. The van der Waals surface area contributed by atoms with Crippen molar-refractivity contribution in [3.8, 4) is 0 Å². The van der Waals surface area contributed by atoms with Crippen molar-refractivity contribution in [2.45, 2.75) is 19.0 Å². The van der Waals surface area contributed by atoms with E-state index in [0.29, 0.717) is 6.54 Å². The van der Waals surface area contributed by atoms with Gasteiger partial charge in [0.25, 0.3) is 0 Å². The molecule has 1 aromatic heterocycles. The van der Waals surface area contributed by atoms with Gasteiger partial charge in [0.2, 0.25) is 5.43 Å². The lowest BCUT2D eigenvalue weighted by Gasteiger charge is -2.31. The van der Waals surface area contributed by atoms with Crippen LogP contribution >= 0.6 is 0 Å². The van der Waals surface area contributed by atoms with Gasteiger partial charge in [-0.05, 0) is 5.92 Å². The summed E-state index contributed by atoms with van der Waals surface area (Å²) in [6, 6.07) is -0.638. The number of nitrogens with zero attached hydrogens (tertiary/aromatic N) is 2. The number of nitrogen functional groups attached to an aromatic ring is 1. The summed E-state index contributed by atoms with van der Waals surface area (Å²) in [6.45, 7) is 2.89. The molecule has 0 unspecified atom stereocenters.